The summed E-state index contributed by atoms with van der Waals surface area (Å²) in [6, 6.07) is 4.33. The Kier molecular flexibility index (Phi) is 3.09. The Morgan fingerprint density at radius 3 is 2.57 bits per heavy atom. The van der Waals surface area contributed by atoms with Gasteiger partial charge in [-0.15, -0.1) is 11.6 Å². The van der Waals surface area contributed by atoms with E-state index in [1.54, 1.807) is 0 Å². The largest absolute Gasteiger partial charge is 0.478 e. The molecule has 1 rings (SSSR count). The van der Waals surface area contributed by atoms with Gasteiger partial charge in [0.2, 0.25) is 0 Å². The van der Waals surface area contributed by atoms with Crippen molar-refractivity contribution in [2.75, 3.05) is 11.6 Å². The topological polar surface area (TPSA) is 80.4 Å². The number of nitrogen functional groups attached to an aromatic ring is 1. The summed E-state index contributed by atoms with van der Waals surface area (Å²) in [4.78, 5) is 22.0. The molecule has 14 heavy (non-hydrogen) atoms. The van der Waals surface area contributed by atoms with Gasteiger partial charge < -0.3 is 10.8 Å². The molecule has 0 atom stereocenters. The average molecular weight is 214 g/mol. The number of hydrogen-bond donors (Lipinski definition) is 2. The molecule has 0 unspecified atom stereocenters. The molecule has 1 aromatic carbocycles. The number of carbonyl (C=O) groups is 2. The van der Waals surface area contributed by atoms with Gasteiger partial charge in [-0.25, -0.2) is 4.79 Å². The molecule has 0 bridgehead atoms. The third-order valence-corrected chi connectivity index (χ3v) is 1.98. The Balaban J connectivity index is 3.35. The summed E-state index contributed by atoms with van der Waals surface area (Å²) in [5.41, 5.74) is 5.37. The molecule has 0 aliphatic rings. The molecule has 0 aromatic heterocycles. The number of halogens is 1. The molecule has 0 radical (unpaired) electrons. The monoisotopic (exact) mass is 213 g/mol. The number of hydrogen-bond acceptors (Lipinski definition) is 3. The lowest BCUT2D eigenvalue weighted by Crippen LogP contribution is -2.12. The van der Waals surface area contributed by atoms with Crippen molar-refractivity contribution >= 4 is 29.0 Å². The fraction of sp³-hybridized carbons (Fsp3) is 0.111. The summed E-state index contributed by atoms with van der Waals surface area (Å²) < 4.78 is 0. The van der Waals surface area contributed by atoms with Crippen molar-refractivity contribution in [3.63, 3.8) is 0 Å². The molecule has 3 N–H and O–H groups in total. The average Bonchev–Trinajstić information content (AvgIpc) is 2.15. The molecule has 0 saturated carbocycles. The first-order valence-electron chi connectivity index (χ1n) is 3.79. The van der Waals surface area contributed by atoms with Gasteiger partial charge in [0.1, 0.15) is 0 Å². The summed E-state index contributed by atoms with van der Waals surface area (Å²) >= 11 is 5.33. The number of benzene rings is 1. The molecule has 0 amide bonds. The Labute approximate surface area is 85.3 Å². The van der Waals surface area contributed by atoms with Crippen molar-refractivity contribution in [1.29, 1.82) is 0 Å². The van der Waals surface area contributed by atoms with E-state index in [1.807, 2.05) is 0 Å². The first-order chi connectivity index (χ1) is 6.57. The number of nitrogens with two attached hydrogens (primary N) is 1. The lowest BCUT2D eigenvalue weighted by molar-refractivity contribution is 0.0693. The normalized spacial score (nSPS) is 9.79. The first-order valence-corrected chi connectivity index (χ1v) is 4.32. The minimum Gasteiger partial charge on any atom is -0.478 e. The van der Waals surface area contributed by atoms with Crippen molar-refractivity contribution in [2.45, 2.75) is 0 Å². The fourth-order valence-electron chi connectivity index (χ4n) is 1.11. The van der Waals surface area contributed by atoms with Crippen LogP contribution in [-0.2, 0) is 0 Å². The van der Waals surface area contributed by atoms with E-state index in [9.17, 15) is 9.59 Å². The Hall–Kier alpha value is -1.55. The molecule has 0 heterocycles. The SMILES string of the molecule is Nc1cccc(C(=O)CCl)c1C(=O)O. The number of carbonyl (C=O) groups excluding carboxylic acids is 1. The van der Waals surface area contributed by atoms with Gasteiger partial charge in [0.15, 0.2) is 5.78 Å². The van der Waals surface area contributed by atoms with Gasteiger partial charge in [-0.1, -0.05) is 12.1 Å². The van der Waals surface area contributed by atoms with Crippen LogP contribution in [0.4, 0.5) is 5.69 Å². The maximum absolute atomic E-state index is 11.2. The number of carboxylic acid groups (broad SMARTS) is 1. The standard InChI is InChI=1S/C9H8ClNO3/c10-4-7(12)5-2-1-3-6(11)8(5)9(13)14/h1-3H,4,11H2,(H,13,14). The smallest absolute Gasteiger partial charge is 0.338 e. The van der Waals surface area contributed by atoms with Gasteiger partial charge in [-0.3, -0.25) is 4.79 Å². The number of aromatic carboxylic acids is 1. The van der Waals surface area contributed by atoms with Crippen LogP contribution in [0, 0.1) is 0 Å². The number of rotatable bonds is 3. The van der Waals surface area contributed by atoms with Crippen LogP contribution in [0.15, 0.2) is 18.2 Å². The molecular weight excluding hydrogens is 206 g/mol. The van der Waals surface area contributed by atoms with E-state index in [2.05, 4.69) is 0 Å². The fourth-order valence-corrected chi connectivity index (χ4v) is 1.26. The second-order valence-corrected chi connectivity index (χ2v) is 2.90. The first kappa shape index (κ1) is 10.5. The van der Waals surface area contributed by atoms with Crippen molar-refractivity contribution in [3.05, 3.63) is 29.3 Å². The molecule has 74 valence electrons. The van der Waals surface area contributed by atoms with Crippen molar-refractivity contribution in [3.8, 4) is 0 Å². The molecule has 0 saturated heterocycles. The predicted octanol–water partition coefficient (Wildman–Crippen LogP) is 1.39. The number of Topliss-reactive ketones (excluding diaryl/α,β-unsaturated/α-hetero) is 1. The highest BCUT2D eigenvalue weighted by atomic mass is 35.5. The highest BCUT2D eigenvalue weighted by Crippen LogP contribution is 2.17. The van der Waals surface area contributed by atoms with E-state index in [0.29, 0.717) is 0 Å². The van der Waals surface area contributed by atoms with Crippen LogP contribution in [0.25, 0.3) is 0 Å². The minimum absolute atomic E-state index is 0.0486. The van der Waals surface area contributed by atoms with E-state index >= 15 is 0 Å². The Morgan fingerprint density at radius 2 is 2.07 bits per heavy atom. The predicted molar refractivity (Wildman–Crippen MR) is 52.9 cm³/mol. The number of alkyl halides is 1. The molecule has 0 aliphatic heterocycles. The van der Waals surface area contributed by atoms with Gasteiger partial charge in [0.25, 0.3) is 0 Å². The Morgan fingerprint density at radius 1 is 1.43 bits per heavy atom. The second kappa shape index (κ2) is 4.11. The van der Waals surface area contributed by atoms with Gasteiger partial charge >= 0.3 is 5.97 Å². The van der Waals surface area contributed by atoms with Gasteiger partial charge in [-0.05, 0) is 6.07 Å². The summed E-state index contributed by atoms with van der Waals surface area (Å²) in [5.74, 6) is -1.93. The molecule has 0 spiro atoms. The third-order valence-electron chi connectivity index (χ3n) is 1.73. The molecular formula is C9H8ClNO3. The summed E-state index contributed by atoms with van der Waals surface area (Å²) in [6.45, 7) is 0. The number of ketones is 1. The Bertz CT molecular complexity index is 390. The van der Waals surface area contributed by atoms with E-state index < -0.39 is 11.8 Å². The maximum Gasteiger partial charge on any atom is 0.338 e. The van der Waals surface area contributed by atoms with Crippen LogP contribution in [-0.4, -0.2) is 22.7 Å². The number of anilines is 1. The van der Waals surface area contributed by atoms with E-state index in [1.165, 1.54) is 18.2 Å². The van der Waals surface area contributed by atoms with E-state index in [0.717, 1.165) is 0 Å². The van der Waals surface area contributed by atoms with Crippen LogP contribution < -0.4 is 5.73 Å². The van der Waals surface area contributed by atoms with Crippen LogP contribution in [0.1, 0.15) is 20.7 Å². The zero-order valence-electron chi connectivity index (χ0n) is 7.16. The quantitative estimate of drug-likeness (QED) is 0.452. The minimum atomic E-state index is -1.23. The van der Waals surface area contributed by atoms with Crippen LogP contribution in [0.5, 0.6) is 0 Å². The summed E-state index contributed by atoms with van der Waals surface area (Å²) in [5, 5.41) is 8.82. The molecule has 4 nitrogen and oxygen atoms in total. The second-order valence-electron chi connectivity index (χ2n) is 2.63. The van der Waals surface area contributed by atoms with Gasteiger partial charge in [-0.2, -0.15) is 0 Å². The van der Waals surface area contributed by atoms with E-state index in [4.69, 9.17) is 22.4 Å². The molecule has 5 heteroatoms. The lowest BCUT2D eigenvalue weighted by atomic mass is 10.0. The van der Waals surface area contributed by atoms with Crippen molar-refractivity contribution in [1.82, 2.24) is 0 Å². The summed E-state index contributed by atoms with van der Waals surface area (Å²) in [7, 11) is 0. The zero-order chi connectivity index (χ0) is 10.7. The van der Waals surface area contributed by atoms with Gasteiger partial charge in [0.05, 0.1) is 11.4 Å². The van der Waals surface area contributed by atoms with Crippen LogP contribution in [0.3, 0.4) is 0 Å². The van der Waals surface area contributed by atoms with Crippen molar-refractivity contribution < 1.29 is 14.7 Å². The molecule has 0 fully saturated rings. The van der Waals surface area contributed by atoms with Crippen molar-refractivity contribution in [2.24, 2.45) is 0 Å². The summed E-state index contributed by atoms with van der Waals surface area (Å²) in [6.07, 6.45) is 0. The third kappa shape index (κ3) is 1.85. The van der Waals surface area contributed by atoms with E-state index in [-0.39, 0.29) is 22.7 Å². The van der Waals surface area contributed by atoms with Crippen LogP contribution >= 0.6 is 11.6 Å². The van der Waals surface area contributed by atoms with Crippen LogP contribution in [0.2, 0.25) is 0 Å². The highest BCUT2D eigenvalue weighted by Gasteiger charge is 2.17. The number of carboxylic acids is 1. The maximum atomic E-state index is 11.2. The highest BCUT2D eigenvalue weighted by molar-refractivity contribution is 6.31. The lowest BCUT2D eigenvalue weighted by Gasteiger charge is -2.05. The van der Waals surface area contributed by atoms with Gasteiger partial charge in [0, 0.05) is 11.3 Å². The molecule has 1 aromatic rings. The zero-order valence-corrected chi connectivity index (χ0v) is 7.91. The molecule has 0 aliphatic carbocycles.